The molecule has 2 rings (SSSR count). The Kier molecular flexibility index (Phi) is 4.60. The fourth-order valence-electron chi connectivity index (χ4n) is 2.03. The van der Waals surface area contributed by atoms with Crippen molar-refractivity contribution >= 4 is 21.8 Å². The van der Waals surface area contributed by atoms with Crippen LogP contribution in [0.2, 0.25) is 0 Å². The van der Waals surface area contributed by atoms with Gasteiger partial charge in [-0.3, -0.25) is 4.79 Å². The minimum atomic E-state index is 0.147. The number of carbonyl (C=O) groups excluding carboxylic acids is 1. The van der Waals surface area contributed by atoms with E-state index in [0.29, 0.717) is 19.0 Å². The number of benzene rings is 1. The molecule has 1 fully saturated rings. The van der Waals surface area contributed by atoms with E-state index in [9.17, 15) is 4.79 Å². The van der Waals surface area contributed by atoms with Gasteiger partial charge in [0.1, 0.15) is 5.75 Å². The molecule has 0 bridgehead atoms. The maximum absolute atomic E-state index is 11.1. The summed E-state index contributed by atoms with van der Waals surface area (Å²) in [5.41, 5.74) is 1.12. The summed E-state index contributed by atoms with van der Waals surface area (Å²) in [6, 6.07) is 6.34. The number of hydrogen-bond donors (Lipinski definition) is 2. The van der Waals surface area contributed by atoms with Gasteiger partial charge in [-0.2, -0.15) is 0 Å². The van der Waals surface area contributed by atoms with E-state index in [-0.39, 0.29) is 5.91 Å². The number of nitrogens with one attached hydrogen (secondary N) is 2. The van der Waals surface area contributed by atoms with Gasteiger partial charge < -0.3 is 15.4 Å². The van der Waals surface area contributed by atoms with E-state index in [1.54, 1.807) is 7.11 Å². The van der Waals surface area contributed by atoms with Crippen molar-refractivity contribution in [2.24, 2.45) is 0 Å². The number of carbonyl (C=O) groups is 1. The van der Waals surface area contributed by atoms with Gasteiger partial charge >= 0.3 is 0 Å². The summed E-state index contributed by atoms with van der Waals surface area (Å²) in [5.74, 6) is 1.02. The Labute approximate surface area is 115 Å². The van der Waals surface area contributed by atoms with Crippen LogP contribution in [0.4, 0.5) is 0 Å². The number of hydrogen-bond acceptors (Lipinski definition) is 3. The zero-order valence-corrected chi connectivity index (χ0v) is 11.9. The van der Waals surface area contributed by atoms with Crippen molar-refractivity contribution < 1.29 is 9.53 Å². The van der Waals surface area contributed by atoms with Crippen molar-refractivity contribution in [1.29, 1.82) is 0 Å². The molecule has 1 atom stereocenters. The van der Waals surface area contributed by atoms with E-state index in [1.807, 2.05) is 18.2 Å². The molecule has 2 N–H and O–H groups in total. The summed E-state index contributed by atoms with van der Waals surface area (Å²) in [4.78, 5) is 11.1. The van der Waals surface area contributed by atoms with Crippen molar-refractivity contribution in [3.05, 3.63) is 28.2 Å². The Morgan fingerprint density at radius 1 is 1.56 bits per heavy atom. The van der Waals surface area contributed by atoms with Crippen molar-refractivity contribution in [2.45, 2.75) is 25.4 Å². The molecule has 4 nitrogen and oxygen atoms in total. The normalized spacial score (nSPS) is 19.4. The minimum absolute atomic E-state index is 0.147. The van der Waals surface area contributed by atoms with Crippen LogP contribution in [0, 0.1) is 0 Å². The van der Waals surface area contributed by atoms with Crippen molar-refractivity contribution in [1.82, 2.24) is 10.6 Å². The molecule has 1 saturated heterocycles. The highest BCUT2D eigenvalue weighted by molar-refractivity contribution is 9.10. The fourth-order valence-corrected chi connectivity index (χ4v) is 2.37. The van der Waals surface area contributed by atoms with Gasteiger partial charge in [-0.15, -0.1) is 0 Å². The third-order valence-corrected chi connectivity index (χ3v) is 3.59. The van der Waals surface area contributed by atoms with Crippen molar-refractivity contribution in [3.8, 4) is 5.75 Å². The van der Waals surface area contributed by atoms with E-state index in [2.05, 4.69) is 26.6 Å². The lowest BCUT2D eigenvalue weighted by Crippen LogP contribution is -2.45. The van der Waals surface area contributed by atoms with Gasteiger partial charge in [-0.25, -0.2) is 0 Å². The third-order valence-electron chi connectivity index (χ3n) is 3.10. The lowest BCUT2D eigenvalue weighted by atomic mass is 10.1. The first-order valence-corrected chi connectivity index (χ1v) is 6.81. The van der Waals surface area contributed by atoms with Gasteiger partial charge in [0, 0.05) is 35.6 Å². The highest BCUT2D eigenvalue weighted by Gasteiger charge is 2.17. The first-order chi connectivity index (χ1) is 8.69. The number of amides is 1. The SMILES string of the molecule is COc1cc(Br)ccc1CN[C@@H]1CCC(=O)NC1. The summed E-state index contributed by atoms with van der Waals surface area (Å²) in [6.07, 6.45) is 1.50. The van der Waals surface area contributed by atoms with Crippen molar-refractivity contribution in [2.75, 3.05) is 13.7 Å². The van der Waals surface area contributed by atoms with E-state index in [4.69, 9.17) is 4.74 Å². The zero-order chi connectivity index (χ0) is 13.0. The highest BCUT2D eigenvalue weighted by atomic mass is 79.9. The lowest BCUT2D eigenvalue weighted by Gasteiger charge is -2.24. The Morgan fingerprint density at radius 3 is 3.06 bits per heavy atom. The molecule has 98 valence electrons. The van der Waals surface area contributed by atoms with Gasteiger partial charge in [-0.05, 0) is 18.6 Å². The highest BCUT2D eigenvalue weighted by Crippen LogP contribution is 2.23. The van der Waals surface area contributed by atoms with Crippen molar-refractivity contribution in [3.63, 3.8) is 0 Å². The molecular formula is C13H17BrN2O2. The molecule has 1 heterocycles. The van der Waals surface area contributed by atoms with Crippen LogP contribution in [0.3, 0.4) is 0 Å². The second-order valence-electron chi connectivity index (χ2n) is 4.38. The van der Waals surface area contributed by atoms with Crippen LogP contribution in [0.15, 0.2) is 22.7 Å². The van der Waals surface area contributed by atoms with Crippen LogP contribution in [0.25, 0.3) is 0 Å². The van der Waals surface area contributed by atoms with Gasteiger partial charge in [0.05, 0.1) is 7.11 Å². The molecule has 1 aliphatic heterocycles. The average Bonchev–Trinajstić information content (AvgIpc) is 2.39. The van der Waals surface area contributed by atoms with E-state index < -0.39 is 0 Å². The molecule has 0 unspecified atom stereocenters. The smallest absolute Gasteiger partial charge is 0.220 e. The number of piperidine rings is 1. The second kappa shape index (κ2) is 6.20. The predicted molar refractivity (Wildman–Crippen MR) is 73.6 cm³/mol. The molecular weight excluding hydrogens is 296 g/mol. The summed E-state index contributed by atoms with van der Waals surface area (Å²) in [6.45, 7) is 1.45. The molecule has 18 heavy (non-hydrogen) atoms. The molecule has 0 aromatic heterocycles. The van der Waals surface area contributed by atoms with Crippen LogP contribution in [0.5, 0.6) is 5.75 Å². The first-order valence-electron chi connectivity index (χ1n) is 6.01. The molecule has 1 aromatic rings. The Morgan fingerprint density at radius 2 is 2.39 bits per heavy atom. The summed E-state index contributed by atoms with van der Waals surface area (Å²) < 4.78 is 6.35. The number of rotatable bonds is 4. The molecule has 1 aromatic carbocycles. The fraction of sp³-hybridized carbons (Fsp3) is 0.462. The lowest BCUT2D eigenvalue weighted by molar-refractivity contribution is -0.122. The van der Waals surface area contributed by atoms with Gasteiger partial charge in [0.2, 0.25) is 5.91 Å². The Balaban J connectivity index is 1.91. The van der Waals surface area contributed by atoms with Crippen LogP contribution >= 0.6 is 15.9 Å². The molecule has 0 radical (unpaired) electrons. The number of methoxy groups -OCH3 is 1. The average molecular weight is 313 g/mol. The third kappa shape index (κ3) is 3.46. The molecule has 1 amide bonds. The van der Waals surface area contributed by atoms with E-state index >= 15 is 0 Å². The predicted octanol–water partition coefficient (Wildman–Crippen LogP) is 1.83. The van der Waals surface area contributed by atoms with Crippen LogP contribution in [-0.2, 0) is 11.3 Å². The molecule has 1 aliphatic rings. The summed E-state index contributed by atoms with van der Waals surface area (Å²) >= 11 is 3.42. The van der Waals surface area contributed by atoms with Gasteiger partial charge in [0.15, 0.2) is 0 Å². The monoisotopic (exact) mass is 312 g/mol. The maximum atomic E-state index is 11.1. The van der Waals surface area contributed by atoms with Crippen LogP contribution in [0.1, 0.15) is 18.4 Å². The molecule has 0 spiro atoms. The number of halogens is 1. The van der Waals surface area contributed by atoms with E-state index in [0.717, 1.165) is 28.8 Å². The minimum Gasteiger partial charge on any atom is -0.496 e. The molecule has 0 saturated carbocycles. The topological polar surface area (TPSA) is 50.4 Å². The Hall–Kier alpha value is -1.07. The number of ether oxygens (including phenoxy) is 1. The maximum Gasteiger partial charge on any atom is 0.220 e. The first kappa shape index (κ1) is 13.4. The Bertz CT molecular complexity index is 427. The van der Waals surface area contributed by atoms with Gasteiger partial charge in [0.25, 0.3) is 0 Å². The van der Waals surface area contributed by atoms with E-state index in [1.165, 1.54) is 0 Å². The second-order valence-corrected chi connectivity index (χ2v) is 5.29. The quantitative estimate of drug-likeness (QED) is 0.891. The largest absolute Gasteiger partial charge is 0.496 e. The molecule has 5 heteroatoms. The van der Waals surface area contributed by atoms with Gasteiger partial charge in [-0.1, -0.05) is 22.0 Å². The summed E-state index contributed by atoms with van der Waals surface area (Å²) in [7, 11) is 1.67. The van der Waals surface area contributed by atoms with Crippen LogP contribution < -0.4 is 15.4 Å². The molecule has 0 aliphatic carbocycles. The van der Waals surface area contributed by atoms with Crippen LogP contribution in [-0.4, -0.2) is 25.6 Å². The summed E-state index contributed by atoms with van der Waals surface area (Å²) in [5, 5.41) is 6.31. The standard InChI is InChI=1S/C13H17BrN2O2/c1-18-12-6-10(14)3-2-9(12)7-15-11-4-5-13(17)16-8-11/h2-3,6,11,15H,4-5,7-8H2,1H3,(H,16,17)/t11-/m1/s1. The zero-order valence-electron chi connectivity index (χ0n) is 10.3.